The van der Waals surface area contributed by atoms with Crippen LogP contribution in [0.2, 0.25) is 0 Å². The van der Waals surface area contributed by atoms with Gasteiger partial charge >= 0.3 is 5.97 Å². The number of hydrogen-bond donors (Lipinski definition) is 1. The number of nitrogens with zero attached hydrogens (tertiary/aromatic N) is 2. The summed E-state index contributed by atoms with van der Waals surface area (Å²) < 4.78 is 31.9. The minimum absolute atomic E-state index is 0.160. The van der Waals surface area contributed by atoms with Crippen molar-refractivity contribution in [3.8, 4) is 0 Å². The summed E-state index contributed by atoms with van der Waals surface area (Å²) in [7, 11) is -0.572. The Labute approximate surface area is 154 Å². The molecule has 1 aliphatic rings. The molecule has 1 atom stereocenters. The van der Waals surface area contributed by atoms with E-state index in [4.69, 9.17) is 4.74 Å². The standard InChI is InChI=1S/C17H25N3O5S/c1-4-25-17(22)13-7-9-15(10-8-13)18-16(21)14-6-5-11-20(12-14)26(23,24)19(2)3/h7-10,14H,4-6,11-12H2,1-3H3,(H,18,21)/t14-/m1/s1. The molecule has 1 aliphatic heterocycles. The highest BCUT2D eigenvalue weighted by Crippen LogP contribution is 2.22. The van der Waals surface area contributed by atoms with Crippen LogP contribution < -0.4 is 5.32 Å². The molecule has 0 aliphatic carbocycles. The fourth-order valence-electron chi connectivity index (χ4n) is 2.75. The van der Waals surface area contributed by atoms with Crippen LogP contribution in [0.5, 0.6) is 0 Å². The highest BCUT2D eigenvalue weighted by Gasteiger charge is 2.33. The van der Waals surface area contributed by atoms with E-state index in [0.29, 0.717) is 37.2 Å². The Morgan fingerprint density at radius 2 is 1.92 bits per heavy atom. The second-order valence-corrected chi connectivity index (χ2v) is 8.42. The zero-order valence-corrected chi connectivity index (χ0v) is 16.1. The highest BCUT2D eigenvalue weighted by molar-refractivity contribution is 7.86. The molecule has 8 nitrogen and oxygen atoms in total. The van der Waals surface area contributed by atoms with Gasteiger partial charge in [-0.15, -0.1) is 0 Å². The summed E-state index contributed by atoms with van der Waals surface area (Å²) in [5, 5.41) is 2.78. The van der Waals surface area contributed by atoms with E-state index in [9.17, 15) is 18.0 Å². The Morgan fingerprint density at radius 3 is 2.50 bits per heavy atom. The van der Waals surface area contributed by atoms with E-state index < -0.39 is 22.1 Å². The van der Waals surface area contributed by atoms with Crippen molar-refractivity contribution in [3.05, 3.63) is 29.8 Å². The molecule has 1 aromatic carbocycles. The predicted molar refractivity (Wildman–Crippen MR) is 97.9 cm³/mol. The zero-order valence-electron chi connectivity index (χ0n) is 15.3. The van der Waals surface area contributed by atoms with Crippen LogP contribution in [-0.2, 0) is 19.7 Å². The van der Waals surface area contributed by atoms with E-state index in [0.717, 1.165) is 4.31 Å². The fraction of sp³-hybridized carbons (Fsp3) is 0.529. The van der Waals surface area contributed by atoms with Crippen molar-refractivity contribution in [2.24, 2.45) is 5.92 Å². The number of anilines is 1. The van der Waals surface area contributed by atoms with E-state index in [1.54, 1.807) is 31.2 Å². The Hall–Kier alpha value is -1.97. The SMILES string of the molecule is CCOC(=O)c1ccc(NC(=O)[C@@H]2CCCN(S(=O)(=O)N(C)C)C2)cc1. The van der Waals surface area contributed by atoms with Crippen LogP contribution in [-0.4, -0.2) is 62.7 Å². The first kappa shape index (κ1) is 20.3. The van der Waals surface area contributed by atoms with Crippen molar-refractivity contribution in [3.63, 3.8) is 0 Å². The van der Waals surface area contributed by atoms with E-state index in [-0.39, 0.29) is 12.5 Å². The Morgan fingerprint density at radius 1 is 1.27 bits per heavy atom. The molecule has 0 radical (unpaired) electrons. The van der Waals surface area contributed by atoms with Crippen LogP contribution in [0.1, 0.15) is 30.1 Å². The van der Waals surface area contributed by atoms with Crippen LogP contribution in [0.4, 0.5) is 5.69 Å². The smallest absolute Gasteiger partial charge is 0.338 e. The number of nitrogens with one attached hydrogen (secondary N) is 1. The molecule has 1 heterocycles. The van der Waals surface area contributed by atoms with Gasteiger partial charge in [-0.2, -0.15) is 17.0 Å². The lowest BCUT2D eigenvalue weighted by atomic mass is 9.98. The first-order valence-electron chi connectivity index (χ1n) is 8.51. The van der Waals surface area contributed by atoms with E-state index in [1.165, 1.54) is 18.4 Å². The Bertz CT molecular complexity index is 746. The van der Waals surface area contributed by atoms with Crippen molar-refractivity contribution in [2.75, 3.05) is 39.1 Å². The summed E-state index contributed by atoms with van der Waals surface area (Å²) in [4.78, 5) is 24.1. The van der Waals surface area contributed by atoms with Gasteiger partial charge in [-0.05, 0) is 44.0 Å². The van der Waals surface area contributed by atoms with Crippen molar-refractivity contribution < 1.29 is 22.7 Å². The second-order valence-electron chi connectivity index (χ2n) is 6.27. The van der Waals surface area contributed by atoms with Crippen molar-refractivity contribution in [2.45, 2.75) is 19.8 Å². The number of hydrogen-bond acceptors (Lipinski definition) is 5. The first-order chi connectivity index (χ1) is 12.3. The van der Waals surface area contributed by atoms with E-state index in [2.05, 4.69) is 5.32 Å². The quantitative estimate of drug-likeness (QED) is 0.748. The molecule has 0 bridgehead atoms. The monoisotopic (exact) mass is 383 g/mol. The van der Waals surface area contributed by atoms with Crippen LogP contribution in [0.3, 0.4) is 0 Å². The van der Waals surface area contributed by atoms with Crippen LogP contribution in [0.25, 0.3) is 0 Å². The molecule has 0 aromatic heterocycles. The van der Waals surface area contributed by atoms with Gasteiger partial charge in [0, 0.05) is 32.9 Å². The summed E-state index contributed by atoms with van der Waals surface area (Å²) in [5.74, 6) is -1.06. The van der Waals surface area contributed by atoms with E-state index >= 15 is 0 Å². The van der Waals surface area contributed by atoms with Gasteiger partial charge in [0.15, 0.2) is 0 Å². The van der Waals surface area contributed by atoms with Gasteiger partial charge in [0.1, 0.15) is 0 Å². The molecule has 2 rings (SSSR count). The number of carbonyl (C=O) groups is 2. The normalized spacial score (nSPS) is 18.5. The largest absolute Gasteiger partial charge is 0.462 e. The molecule has 1 fully saturated rings. The number of ether oxygens (including phenoxy) is 1. The molecular weight excluding hydrogens is 358 g/mol. The Kier molecular flexibility index (Phi) is 6.74. The maximum absolute atomic E-state index is 12.5. The van der Waals surface area contributed by atoms with Gasteiger partial charge in [0.25, 0.3) is 10.2 Å². The van der Waals surface area contributed by atoms with Gasteiger partial charge in [-0.25, -0.2) is 4.79 Å². The van der Waals surface area contributed by atoms with E-state index in [1.807, 2.05) is 0 Å². The van der Waals surface area contributed by atoms with Gasteiger partial charge < -0.3 is 10.1 Å². The molecule has 144 valence electrons. The molecule has 26 heavy (non-hydrogen) atoms. The summed E-state index contributed by atoms with van der Waals surface area (Å²) >= 11 is 0. The van der Waals surface area contributed by atoms with Gasteiger partial charge in [0.05, 0.1) is 18.1 Å². The van der Waals surface area contributed by atoms with Crippen LogP contribution >= 0.6 is 0 Å². The molecule has 1 N–H and O–H groups in total. The summed E-state index contributed by atoms with van der Waals surface area (Å²) in [6, 6.07) is 6.41. The average Bonchev–Trinajstić information content (AvgIpc) is 2.62. The fourth-order valence-corrected chi connectivity index (χ4v) is 3.94. The lowest BCUT2D eigenvalue weighted by molar-refractivity contribution is -0.120. The molecule has 1 amide bonds. The third kappa shape index (κ3) is 4.80. The van der Waals surface area contributed by atoms with Crippen LogP contribution in [0, 0.1) is 5.92 Å². The van der Waals surface area contributed by atoms with Gasteiger partial charge in [-0.3, -0.25) is 4.79 Å². The molecular formula is C17H25N3O5S. The molecule has 1 saturated heterocycles. The summed E-state index contributed by atoms with van der Waals surface area (Å²) in [6.45, 7) is 2.60. The van der Waals surface area contributed by atoms with Gasteiger partial charge in [-0.1, -0.05) is 0 Å². The number of esters is 1. The first-order valence-corrected chi connectivity index (χ1v) is 9.91. The number of carbonyl (C=O) groups excluding carboxylic acids is 2. The topological polar surface area (TPSA) is 96.0 Å². The highest BCUT2D eigenvalue weighted by atomic mass is 32.2. The second kappa shape index (κ2) is 8.61. The van der Waals surface area contributed by atoms with Gasteiger partial charge in [0.2, 0.25) is 5.91 Å². The molecule has 9 heteroatoms. The van der Waals surface area contributed by atoms with Crippen molar-refractivity contribution in [1.82, 2.24) is 8.61 Å². The van der Waals surface area contributed by atoms with Crippen LogP contribution in [0.15, 0.2) is 24.3 Å². The predicted octanol–water partition coefficient (Wildman–Crippen LogP) is 1.32. The lowest BCUT2D eigenvalue weighted by Gasteiger charge is -2.32. The minimum Gasteiger partial charge on any atom is -0.462 e. The van der Waals surface area contributed by atoms with Crippen molar-refractivity contribution in [1.29, 1.82) is 0 Å². The third-order valence-corrected chi connectivity index (χ3v) is 6.11. The third-order valence-electron chi connectivity index (χ3n) is 4.21. The molecule has 1 aromatic rings. The minimum atomic E-state index is -3.52. The maximum Gasteiger partial charge on any atom is 0.338 e. The summed E-state index contributed by atoms with van der Waals surface area (Å²) in [5.41, 5.74) is 0.960. The lowest BCUT2D eigenvalue weighted by Crippen LogP contribution is -2.47. The molecule has 0 unspecified atom stereocenters. The number of rotatable bonds is 6. The summed E-state index contributed by atoms with van der Waals surface area (Å²) in [6.07, 6.45) is 1.26. The number of benzene rings is 1. The average molecular weight is 383 g/mol. The zero-order chi connectivity index (χ0) is 19.3. The molecule has 0 spiro atoms. The molecule has 0 saturated carbocycles. The maximum atomic E-state index is 12.5. The van der Waals surface area contributed by atoms with Crippen molar-refractivity contribution >= 4 is 27.8 Å². The number of piperidine rings is 1. The Balaban J connectivity index is 2.00. The number of amides is 1.